The van der Waals surface area contributed by atoms with Crippen molar-refractivity contribution in [3.63, 3.8) is 0 Å². The Kier molecular flexibility index (Phi) is 6.01. The number of hydrogen-bond acceptors (Lipinski definition) is 6. The Balaban J connectivity index is 1.68. The minimum atomic E-state index is -0.530. The third-order valence-electron chi connectivity index (χ3n) is 4.04. The lowest BCUT2D eigenvalue weighted by molar-refractivity contribution is -0.138. The molecule has 0 unspecified atom stereocenters. The van der Waals surface area contributed by atoms with Gasteiger partial charge in [-0.3, -0.25) is 0 Å². The number of methoxy groups -OCH3 is 2. The Morgan fingerprint density at radius 3 is 2.71 bits per heavy atom. The van der Waals surface area contributed by atoms with Gasteiger partial charge in [-0.1, -0.05) is 17.7 Å². The summed E-state index contributed by atoms with van der Waals surface area (Å²) in [5.74, 6) is 0.503. The second-order valence-corrected chi connectivity index (χ2v) is 6.23. The SMILES string of the molecule is COc1ccc2cc(COC(=O)/C=C/c3ccc(O)c(OC)c3)c(Cl)nc2c1. The van der Waals surface area contributed by atoms with Crippen LogP contribution in [-0.2, 0) is 16.1 Å². The molecule has 0 saturated carbocycles. The maximum absolute atomic E-state index is 12.0. The van der Waals surface area contributed by atoms with Gasteiger partial charge in [0.15, 0.2) is 11.5 Å². The number of carbonyl (C=O) groups is 1. The van der Waals surface area contributed by atoms with Crippen molar-refractivity contribution in [1.29, 1.82) is 0 Å². The van der Waals surface area contributed by atoms with Gasteiger partial charge in [0, 0.05) is 23.1 Å². The first-order chi connectivity index (χ1) is 13.5. The summed E-state index contributed by atoms with van der Waals surface area (Å²) < 4.78 is 15.5. The molecule has 3 aromatic rings. The summed E-state index contributed by atoms with van der Waals surface area (Å²) in [6, 6.07) is 12.0. The first-order valence-corrected chi connectivity index (χ1v) is 8.73. The molecule has 6 nitrogen and oxygen atoms in total. The number of carbonyl (C=O) groups excluding carboxylic acids is 1. The second kappa shape index (κ2) is 8.63. The van der Waals surface area contributed by atoms with Crippen molar-refractivity contribution in [2.75, 3.05) is 14.2 Å². The van der Waals surface area contributed by atoms with Crippen molar-refractivity contribution < 1.29 is 24.1 Å². The highest BCUT2D eigenvalue weighted by molar-refractivity contribution is 6.30. The third-order valence-corrected chi connectivity index (χ3v) is 4.36. The van der Waals surface area contributed by atoms with Gasteiger partial charge < -0.3 is 19.3 Å². The summed E-state index contributed by atoms with van der Waals surface area (Å²) in [7, 11) is 3.03. The lowest BCUT2D eigenvalue weighted by Gasteiger charge is -2.08. The average molecular weight is 400 g/mol. The van der Waals surface area contributed by atoms with Gasteiger partial charge in [-0.05, 0) is 42.0 Å². The zero-order valence-corrected chi connectivity index (χ0v) is 16.1. The van der Waals surface area contributed by atoms with Gasteiger partial charge in [-0.25, -0.2) is 9.78 Å². The van der Waals surface area contributed by atoms with Crippen LogP contribution in [-0.4, -0.2) is 30.3 Å². The van der Waals surface area contributed by atoms with Crippen molar-refractivity contribution in [3.8, 4) is 17.2 Å². The molecule has 0 radical (unpaired) electrons. The zero-order valence-electron chi connectivity index (χ0n) is 15.3. The van der Waals surface area contributed by atoms with E-state index in [1.165, 1.54) is 19.3 Å². The van der Waals surface area contributed by atoms with Gasteiger partial charge >= 0.3 is 5.97 Å². The lowest BCUT2D eigenvalue weighted by atomic mass is 10.1. The van der Waals surface area contributed by atoms with Gasteiger partial charge in [0.1, 0.15) is 17.5 Å². The molecule has 1 heterocycles. The van der Waals surface area contributed by atoms with Crippen LogP contribution in [0.15, 0.2) is 48.5 Å². The number of aromatic nitrogens is 1. The molecule has 2 aromatic carbocycles. The molecule has 0 aliphatic carbocycles. The van der Waals surface area contributed by atoms with Crippen LogP contribution in [0.2, 0.25) is 5.15 Å². The van der Waals surface area contributed by atoms with Gasteiger partial charge in [-0.2, -0.15) is 0 Å². The van der Waals surface area contributed by atoms with Crippen LogP contribution in [0.4, 0.5) is 0 Å². The number of fused-ring (bicyclic) bond motifs is 1. The van der Waals surface area contributed by atoms with Crippen LogP contribution in [0.5, 0.6) is 17.2 Å². The topological polar surface area (TPSA) is 77.9 Å². The molecule has 0 aliphatic rings. The number of pyridine rings is 1. The van der Waals surface area contributed by atoms with Crippen LogP contribution >= 0.6 is 11.6 Å². The number of phenols is 1. The molecule has 3 rings (SSSR count). The summed E-state index contributed by atoms with van der Waals surface area (Å²) in [4.78, 5) is 16.3. The Morgan fingerprint density at radius 1 is 1.14 bits per heavy atom. The van der Waals surface area contributed by atoms with Crippen molar-refractivity contribution >= 4 is 34.5 Å². The van der Waals surface area contributed by atoms with E-state index in [1.807, 2.05) is 18.2 Å². The van der Waals surface area contributed by atoms with Crippen molar-refractivity contribution in [2.24, 2.45) is 0 Å². The van der Waals surface area contributed by atoms with E-state index in [1.54, 1.807) is 31.4 Å². The number of benzene rings is 2. The standard InChI is InChI=1S/C21H18ClNO5/c1-26-16-6-5-14-10-15(21(22)23-17(14)11-16)12-28-20(25)8-4-13-3-7-18(24)19(9-13)27-2/h3-11,24H,12H2,1-2H3/b8-4+. The van der Waals surface area contributed by atoms with Crippen LogP contribution < -0.4 is 9.47 Å². The van der Waals surface area contributed by atoms with Crippen LogP contribution in [0.1, 0.15) is 11.1 Å². The van der Waals surface area contributed by atoms with E-state index in [4.69, 9.17) is 25.8 Å². The number of phenolic OH excluding ortho intramolecular Hbond substituents is 1. The normalized spacial score (nSPS) is 11.0. The lowest BCUT2D eigenvalue weighted by Crippen LogP contribution is -2.02. The molecule has 28 heavy (non-hydrogen) atoms. The number of nitrogens with zero attached hydrogens (tertiary/aromatic N) is 1. The summed E-state index contributed by atoms with van der Waals surface area (Å²) in [5.41, 5.74) is 1.99. The van der Waals surface area contributed by atoms with Crippen molar-refractivity contribution in [1.82, 2.24) is 4.98 Å². The molecule has 0 atom stereocenters. The maximum atomic E-state index is 12.0. The molecule has 0 amide bonds. The first kappa shape index (κ1) is 19.5. The molecule has 0 saturated heterocycles. The summed E-state index contributed by atoms with van der Waals surface area (Å²) in [5, 5.41) is 10.7. The number of hydrogen-bond donors (Lipinski definition) is 1. The van der Waals surface area contributed by atoms with E-state index in [0.717, 1.165) is 5.39 Å². The van der Waals surface area contributed by atoms with E-state index in [-0.39, 0.29) is 17.5 Å². The van der Waals surface area contributed by atoms with E-state index >= 15 is 0 Å². The number of halogens is 1. The molecular formula is C21H18ClNO5. The highest BCUT2D eigenvalue weighted by Crippen LogP contribution is 2.27. The Labute approximate surface area is 166 Å². The average Bonchev–Trinajstić information content (AvgIpc) is 2.71. The highest BCUT2D eigenvalue weighted by Gasteiger charge is 2.08. The molecule has 0 bridgehead atoms. The molecule has 0 aliphatic heterocycles. The molecular weight excluding hydrogens is 382 g/mol. The number of aromatic hydroxyl groups is 1. The maximum Gasteiger partial charge on any atom is 0.331 e. The third kappa shape index (κ3) is 4.53. The van der Waals surface area contributed by atoms with E-state index < -0.39 is 5.97 Å². The van der Waals surface area contributed by atoms with Gasteiger partial charge in [0.2, 0.25) is 0 Å². The first-order valence-electron chi connectivity index (χ1n) is 8.35. The largest absolute Gasteiger partial charge is 0.504 e. The van der Waals surface area contributed by atoms with Crippen molar-refractivity contribution in [2.45, 2.75) is 6.61 Å². The highest BCUT2D eigenvalue weighted by atomic mass is 35.5. The summed E-state index contributed by atoms with van der Waals surface area (Å²) in [6.45, 7) is -0.00409. The fraction of sp³-hybridized carbons (Fsp3) is 0.143. The molecule has 0 fully saturated rings. The molecule has 144 valence electrons. The van der Waals surface area contributed by atoms with Crippen LogP contribution in [0, 0.1) is 0 Å². The smallest absolute Gasteiger partial charge is 0.331 e. The minimum absolute atomic E-state index is 0.00409. The Bertz CT molecular complexity index is 1050. The number of esters is 1. The van der Waals surface area contributed by atoms with E-state index in [9.17, 15) is 9.90 Å². The number of rotatable bonds is 6. The number of ether oxygens (including phenoxy) is 3. The summed E-state index contributed by atoms with van der Waals surface area (Å²) >= 11 is 6.20. The van der Waals surface area contributed by atoms with Gasteiger partial charge in [0.05, 0.1) is 19.7 Å². The molecule has 1 N–H and O–H groups in total. The van der Waals surface area contributed by atoms with Gasteiger partial charge in [-0.15, -0.1) is 0 Å². The summed E-state index contributed by atoms with van der Waals surface area (Å²) in [6.07, 6.45) is 2.86. The van der Waals surface area contributed by atoms with Crippen LogP contribution in [0.3, 0.4) is 0 Å². The van der Waals surface area contributed by atoms with E-state index in [0.29, 0.717) is 28.1 Å². The zero-order chi connectivity index (χ0) is 20.1. The fourth-order valence-electron chi connectivity index (χ4n) is 2.55. The van der Waals surface area contributed by atoms with E-state index in [2.05, 4.69) is 4.98 Å². The monoisotopic (exact) mass is 399 g/mol. The molecule has 7 heteroatoms. The fourth-order valence-corrected chi connectivity index (χ4v) is 2.75. The molecule has 1 aromatic heterocycles. The predicted octanol–water partition coefficient (Wildman–Crippen LogP) is 4.37. The van der Waals surface area contributed by atoms with Gasteiger partial charge in [0.25, 0.3) is 0 Å². The Morgan fingerprint density at radius 2 is 1.96 bits per heavy atom. The quantitative estimate of drug-likeness (QED) is 0.377. The van der Waals surface area contributed by atoms with Crippen molar-refractivity contribution in [3.05, 3.63) is 64.8 Å². The molecule has 0 spiro atoms. The second-order valence-electron chi connectivity index (χ2n) is 5.87. The predicted molar refractivity (Wildman–Crippen MR) is 107 cm³/mol. The minimum Gasteiger partial charge on any atom is -0.504 e. The Hall–Kier alpha value is -3.25. The van der Waals surface area contributed by atoms with Crippen LogP contribution in [0.25, 0.3) is 17.0 Å².